The van der Waals surface area contributed by atoms with Crippen LogP contribution < -0.4 is 4.90 Å². The minimum absolute atomic E-state index is 0.172. The molecule has 19 heavy (non-hydrogen) atoms. The van der Waals surface area contributed by atoms with Crippen molar-refractivity contribution in [1.29, 1.82) is 0 Å². The molecular formula is C14H23NO3S. The van der Waals surface area contributed by atoms with Gasteiger partial charge in [-0.25, -0.2) is 8.42 Å². The first-order chi connectivity index (χ1) is 8.65. The largest absolute Gasteiger partial charge is 0.389 e. The second kappa shape index (κ2) is 5.92. The summed E-state index contributed by atoms with van der Waals surface area (Å²) in [5, 5.41) is 9.77. The molecule has 0 saturated carbocycles. The summed E-state index contributed by atoms with van der Waals surface area (Å²) in [4.78, 5) is 2.26. The van der Waals surface area contributed by atoms with E-state index in [0.29, 0.717) is 17.9 Å². The number of rotatable bonds is 6. The van der Waals surface area contributed by atoms with Crippen LogP contribution >= 0.6 is 0 Å². The third kappa shape index (κ3) is 4.84. The molecule has 0 spiro atoms. The zero-order valence-electron chi connectivity index (χ0n) is 12.0. The number of nitrogens with zero attached hydrogens (tertiary/aromatic N) is 1. The van der Waals surface area contributed by atoms with Gasteiger partial charge in [-0.1, -0.05) is 6.92 Å². The average molecular weight is 285 g/mol. The molecule has 1 rings (SSSR count). The van der Waals surface area contributed by atoms with E-state index in [2.05, 4.69) is 0 Å². The second-order valence-corrected chi connectivity index (χ2v) is 7.59. The lowest BCUT2D eigenvalue weighted by Gasteiger charge is -2.27. The van der Waals surface area contributed by atoms with Crippen LogP contribution in [0.15, 0.2) is 29.2 Å². The van der Waals surface area contributed by atoms with Gasteiger partial charge in [-0.15, -0.1) is 0 Å². The Balaban J connectivity index is 2.88. The molecule has 0 amide bonds. The molecule has 1 N–H and O–H groups in total. The normalized spacial score (nSPS) is 12.5. The summed E-state index contributed by atoms with van der Waals surface area (Å²) < 4.78 is 23.8. The van der Waals surface area contributed by atoms with Crippen LogP contribution in [0.4, 0.5) is 5.69 Å². The van der Waals surface area contributed by atoms with E-state index in [4.69, 9.17) is 0 Å². The summed E-state index contributed by atoms with van der Waals surface area (Å²) in [6, 6.07) is 6.80. The van der Waals surface area contributed by atoms with Gasteiger partial charge < -0.3 is 10.0 Å². The highest BCUT2D eigenvalue weighted by atomic mass is 32.2. The van der Waals surface area contributed by atoms with Gasteiger partial charge in [0.05, 0.1) is 16.2 Å². The Bertz CT molecular complexity index is 500. The Labute approximate surface area is 116 Å². The Hall–Kier alpha value is -1.07. The maximum Gasteiger partial charge on any atom is 0.178 e. The maximum atomic E-state index is 11.9. The van der Waals surface area contributed by atoms with Crippen LogP contribution in [0.1, 0.15) is 27.2 Å². The molecule has 0 unspecified atom stereocenters. The van der Waals surface area contributed by atoms with Crippen molar-refractivity contribution in [3.63, 3.8) is 0 Å². The van der Waals surface area contributed by atoms with E-state index < -0.39 is 15.4 Å². The highest BCUT2D eigenvalue weighted by molar-refractivity contribution is 7.91. The zero-order chi connectivity index (χ0) is 14.7. The van der Waals surface area contributed by atoms with E-state index in [1.807, 2.05) is 18.9 Å². The van der Waals surface area contributed by atoms with Gasteiger partial charge in [-0.3, -0.25) is 0 Å². The minimum Gasteiger partial charge on any atom is -0.389 e. The number of likely N-dealkylation sites (N-methyl/N-ethyl adjacent to an activating group) is 1. The first-order valence-electron chi connectivity index (χ1n) is 6.42. The van der Waals surface area contributed by atoms with Crippen molar-refractivity contribution in [1.82, 2.24) is 0 Å². The number of hydrogen-bond acceptors (Lipinski definition) is 4. The Morgan fingerprint density at radius 3 is 2.16 bits per heavy atom. The number of benzene rings is 1. The molecular weight excluding hydrogens is 262 g/mol. The molecule has 4 nitrogen and oxygen atoms in total. The van der Waals surface area contributed by atoms with E-state index in [-0.39, 0.29) is 5.75 Å². The van der Waals surface area contributed by atoms with Crippen LogP contribution in [0, 0.1) is 0 Å². The third-order valence-electron chi connectivity index (χ3n) is 2.73. The van der Waals surface area contributed by atoms with Crippen molar-refractivity contribution in [2.75, 3.05) is 24.2 Å². The number of sulfone groups is 1. The van der Waals surface area contributed by atoms with Gasteiger partial charge in [0, 0.05) is 19.3 Å². The monoisotopic (exact) mass is 285 g/mol. The van der Waals surface area contributed by atoms with E-state index in [9.17, 15) is 13.5 Å². The topological polar surface area (TPSA) is 57.6 Å². The molecule has 0 aromatic heterocycles. The average Bonchev–Trinajstić information content (AvgIpc) is 2.27. The SMILES string of the molecule is CCCS(=O)(=O)c1ccc(N(C)CC(C)(C)O)cc1. The fraction of sp³-hybridized carbons (Fsp3) is 0.571. The molecule has 1 aromatic rings. The summed E-state index contributed by atoms with van der Waals surface area (Å²) in [6.07, 6.45) is 0.614. The van der Waals surface area contributed by atoms with Gasteiger partial charge in [-0.2, -0.15) is 0 Å². The summed E-state index contributed by atoms with van der Waals surface area (Å²) in [6.45, 7) is 5.81. The molecule has 0 fully saturated rings. The number of aliphatic hydroxyl groups is 1. The Morgan fingerprint density at radius 1 is 1.21 bits per heavy atom. The lowest BCUT2D eigenvalue weighted by atomic mass is 10.1. The first kappa shape index (κ1) is 16.0. The van der Waals surface area contributed by atoms with E-state index in [1.165, 1.54) is 0 Å². The van der Waals surface area contributed by atoms with Gasteiger partial charge >= 0.3 is 0 Å². The Morgan fingerprint density at radius 2 is 1.74 bits per heavy atom. The quantitative estimate of drug-likeness (QED) is 0.869. The van der Waals surface area contributed by atoms with Gasteiger partial charge in [0.15, 0.2) is 9.84 Å². The summed E-state index contributed by atoms with van der Waals surface area (Å²) in [7, 11) is -1.29. The molecule has 0 radical (unpaired) electrons. The van der Waals surface area contributed by atoms with Gasteiger partial charge in [0.2, 0.25) is 0 Å². The Kier molecular flexibility index (Phi) is 4.98. The predicted octanol–water partition coefficient (Wildman–Crippen LogP) is 2.08. The number of anilines is 1. The van der Waals surface area contributed by atoms with Crippen LogP contribution in [0.3, 0.4) is 0 Å². The maximum absolute atomic E-state index is 11.9. The van der Waals surface area contributed by atoms with E-state index in [0.717, 1.165) is 5.69 Å². The molecule has 0 aliphatic rings. The molecule has 1 aromatic carbocycles. The highest BCUT2D eigenvalue weighted by Crippen LogP contribution is 2.19. The molecule has 108 valence electrons. The van der Waals surface area contributed by atoms with Gasteiger partial charge in [0.1, 0.15) is 0 Å². The summed E-state index contributed by atoms with van der Waals surface area (Å²) in [5.41, 5.74) is 0.0967. The van der Waals surface area contributed by atoms with Crippen LogP contribution in [0.5, 0.6) is 0 Å². The molecule has 0 atom stereocenters. The lowest BCUT2D eigenvalue weighted by molar-refractivity contribution is 0.0886. The summed E-state index contributed by atoms with van der Waals surface area (Å²) >= 11 is 0. The van der Waals surface area contributed by atoms with Crippen LogP contribution in [-0.2, 0) is 9.84 Å². The zero-order valence-corrected chi connectivity index (χ0v) is 12.9. The predicted molar refractivity (Wildman–Crippen MR) is 78.4 cm³/mol. The fourth-order valence-corrected chi connectivity index (χ4v) is 3.29. The fourth-order valence-electron chi connectivity index (χ4n) is 1.97. The van der Waals surface area contributed by atoms with Gasteiger partial charge in [0.25, 0.3) is 0 Å². The second-order valence-electron chi connectivity index (χ2n) is 5.48. The van der Waals surface area contributed by atoms with Crippen molar-refractivity contribution >= 4 is 15.5 Å². The minimum atomic E-state index is -3.16. The van der Waals surface area contributed by atoms with E-state index in [1.54, 1.807) is 38.1 Å². The summed E-state index contributed by atoms with van der Waals surface area (Å²) in [5.74, 6) is 0.172. The third-order valence-corrected chi connectivity index (χ3v) is 4.67. The molecule has 0 saturated heterocycles. The molecule has 0 heterocycles. The molecule has 0 aliphatic carbocycles. The van der Waals surface area contributed by atoms with Crippen LogP contribution in [0.25, 0.3) is 0 Å². The standard InChI is InChI=1S/C14H23NO3S/c1-5-10-19(17,18)13-8-6-12(7-9-13)15(4)11-14(2,3)16/h6-9,16H,5,10-11H2,1-4H3. The van der Waals surface area contributed by atoms with Crippen molar-refractivity contribution < 1.29 is 13.5 Å². The van der Waals surface area contributed by atoms with Crippen molar-refractivity contribution in [2.45, 2.75) is 37.7 Å². The number of hydrogen-bond donors (Lipinski definition) is 1. The van der Waals surface area contributed by atoms with Crippen molar-refractivity contribution in [2.24, 2.45) is 0 Å². The molecule has 0 aliphatic heterocycles. The van der Waals surface area contributed by atoms with Crippen molar-refractivity contribution in [3.8, 4) is 0 Å². The highest BCUT2D eigenvalue weighted by Gasteiger charge is 2.17. The first-order valence-corrected chi connectivity index (χ1v) is 8.07. The molecule has 0 bridgehead atoms. The van der Waals surface area contributed by atoms with Crippen LogP contribution in [-0.4, -0.2) is 38.5 Å². The lowest BCUT2D eigenvalue weighted by Crippen LogP contribution is -2.36. The molecule has 5 heteroatoms. The van der Waals surface area contributed by atoms with Crippen LogP contribution in [0.2, 0.25) is 0 Å². The smallest absolute Gasteiger partial charge is 0.178 e. The van der Waals surface area contributed by atoms with Crippen molar-refractivity contribution in [3.05, 3.63) is 24.3 Å². The van der Waals surface area contributed by atoms with Gasteiger partial charge in [-0.05, 0) is 44.5 Å². The van der Waals surface area contributed by atoms with E-state index >= 15 is 0 Å².